The first-order valence-corrected chi connectivity index (χ1v) is 18.1. The molecule has 0 aliphatic heterocycles. The summed E-state index contributed by atoms with van der Waals surface area (Å²) in [5.41, 5.74) is 2.55. The Morgan fingerprint density at radius 1 is 0.405 bits per heavy atom. The number of hydrogen-bond donors (Lipinski definition) is 0. The van der Waals surface area contributed by atoms with Gasteiger partial charge in [0.15, 0.2) is 0 Å². The van der Waals surface area contributed by atoms with Crippen molar-refractivity contribution in [3.05, 3.63) is 23.3 Å². The SMILES string of the molecule is CCCCCCCCCCCCOc1cc(C[N+](C)(C)C)c(OCCCCCCCCCCCC)cc1C[N+](C)(C)C. The summed E-state index contributed by atoms with van der Waals surface area (Å²) in [7, 11) is 13.6. The highest BCUT2D eigenvalue weighted by Crippen LogP contribution is 2.33. The molecule has 0 atom stereocenters. The van der Waals surface area contributed by atoms with E-state index in [1.807, 2.05) is 0 Å². The summed E-state index contributed by atoms with van der Waals surface area (Å²) < 4.78 is 14.8. The minimum absolute atomic E-state index is 0.809. The quantitative estimate of drug-likeness (QED) is 0.0714. The van der Waals surface area contributed by atoms with Crippen molar-refractivity contribution in [3.8, 4) is 11.5 Å². The van der Waals surface area contributed by atoms with Gasteiger partial charge in [-0.3, -0.25) is 0 Å². The molecule has 0 fully saturated rings. The van der Waals surface area contributed by atoms with Crippen LogP contribution < -0.4 is 9.47 Å². The molecule has 246 valence electrons. The highest BCUT2D eigenvalue weighted by atomic mass is 16.5. The van der Waals surface area contributed by atoms with Gasteiger partial charge in [-0.1, -0.05) is 129 Å². The second kappa shape index (κ2) is 23.2. The Bertz CT molecular complexity index is 713. The van der Waals surface area contributed by atoms with Crippen molar-refractivity contribution in [1.82, 2.24) is 0 Å². The van der Waals surface area contributed by atoms with E-state index in [0.717, 1.165) is 59.6 Å². The topological polar surface area (TPSA) is 18.5 Å². The van der Waals surface area contributed by atoms with Gasteiger partial charge in [-0.25, -0.2) is 0 Å². The first-order valence-electron chi connectivity index (χ1n) is 18.1. The molecule has 1 aromatic rings. The second-order valence-corrected chi connectivity index (χ2v) is 15.0. The summed E-state index contributed by atoms with van der Waals surface area (Å²) in [5, 5.41) is 0. The van der Waals surface area contributed by atoms with E-state index >= 15 is 0 Å². The average molecular weight is 591 g/mol. The van der Waals surface area contributed by atoms with Crippen LogP contribution >= 0.6 is 0 Å². The second-order valence-electron chi connectivity index (χ2n) is 15.0. The van der Waals surface area contributed by atoms with Crippen molar-refractivity contribution in [2.75, 3.05) is 55.5 Å². The van der Waals surface area contributed by atoms with Gasteiger partial charge in [0.2, 0.25) is 0 Å². The van der Waals surface area contributed by atoms with Gasteiger partial charge in [0.05, 0.1) is 66.6 Å². The molecule has 0 saturated heterocycles. The van der Waals surface area contributed by atoms with Crippen LogP contribution in [0.2, 0.25) is 0 Å². The van der Waals surface area contributed by atoms with Crippen LogP contribution in [0.1, 0.15) is 153 Å². The Labute approximate surface area is 263 Å². The fourth-order valence-electron chi connectivity index (χ4n) is 5.73. The minimum Gasteiger partial charge on any atom is -0.493 e. The smallest absolute Gasteiger partial charge is 0.128 e. The van der Waals surface area contributed by atoms with Gasteiger partial charge in [0.25, 0.3) is 0 Å². The maximum Gasteiger partial charge on any atom is 0.128 e. The Balaban J connectivity index is 2.64. The van der Waals surface area contributed by atoms with E-state index in [-0.39, 0.29) is 0 Å². The van der Waals surface area contributed by atoms with E-state index < -0.39 is 0 Å². The number of ether oxygens (including phenoxy) is 2. The summed E-state index contributed by atoms with van der Waals surface area (Å²) >= 11 is 0. The lowest BCUT2D eigenvalue weighted by molar-refractivity contribution is -0.884. The van der Waals surface area contributed by atoms with Gasteiger partial charge in [-0.2, -0.15) is 0 Å². The lowest BCUT2D eigenvalue weighted by atomic mass is 10.1. The summed E-state index contributed by atoms with van der Waals surface area (Å²) in [6.07, 6.45) is 27.0. The molecule has 0 bridgehead atoms. The Hall–Kier alpha value is -1.26. The predicted octanol–water partition coefficient (Wildman–Crippen LogP) is 10.7. The fourth-order valence-corrected chi connectivity index (χ4v) is 5.73. The molecule has 0 spiro atoms. The first-order chi connectivity index (χ1) is 20.1. The average Bonchev–Trinajstić information content (AvgIpc) is 2.90. The maximum atomic E-state index is 6.50. The van der Waals surface area contributed by atoms with Crippen LogP contribution in [0, 0.1) is 0 Å². The highest BCUT2D eigenvalue weighted by molar-refractivity contribution is 5.46. The summed E-state index contributed by atoms with van der Waals surface area (Å²) in [6.45, 7) is 8.08. The molecule has 0 N–H and O–H groups in total. The van der Waals surface area contributed by atoms with Gasteiger partial charge in [0.1, 0.15) is 24.6 Å². The number of benzene rings is 1. The molecule has 1 rings (SSSR count). The molecule has 0 aliphatic carbocycles. The van der Waals surface area contributed by atoms with Crippen LogP contribution in [0.25, 0.3) is 0 Å². The van der Waals surface area contributed by atoms with Crippen molar-refractivity contribution in [3.63, 3.8) is 0 Å². The molecule has 1 aromatic carbocycles. The van der Waals surface area contributed by atoms with Gasteiger partial charge < -0.3 is 18.4 Å². The number of quaternary nitrogens is 2. The molecule has 0 heterocycles. The molecule has 0 unspecified atom stereocenters. The molecular weight excluding hydrogens is 516 g/mol. The Kier molecular flexibility index (Phi) is 21.4. The fraction of sp³-hybridized carbons (Fsp3) is 0.842. The van der Waals surface area contributed by atoms with E-state index in [1.165, 1.54) is 127 Å². The number of unbranched alkanes of at least 4 members (excludes halogenated alkanes) is 18. The molecule has 4 heteroatoms. The standard InChI is InChI=1S/C38H74N2O2/c1-9-11-13-15-17-19-21-23-25-27-29-41-37-31-36(34-40(6,7)8)38(32-35(37)33-39(3,4)5)42-30-28-26-24-22-20-18-16-14-12-10-2/h31-32H,9-30,33-34H2,1-8H3/q+2. The maximum absolute atomic E-state index is 6.50. The Morgan fingerprint density at radius 3 is 0.929 bits per heavy atom. The van der Waals surface area contributed by atoms with Crippen LogP contribution in [0.5, 0.6) is 11.5 Å². The van der Waals surface area contributed by atoms with E-state index in [1.54, 1.807) is 0 Å². The van der Waals surface area contributed by atoms with Gasteiger partial charge in [0, 0.05) is 0 Å². The van der Waals surface area contributed by atoms with E-state index in [4.69, 9.17) is 9.47 Å². The molecule has 0 aromatic heterocycles. The van der Waals surface area contributed by atoms with Crippen LogP contribution in [-0.4, -0.2) is 64.5 Å². The van der Waals surface area contributed by atoms with E-state index in [0.29, 0.717) is 0 Å². The number of rotatable bonds is 28. The van der Waals surface area contributed by atoms with Gasteiger partial charge in [-0.05, 0) is 25.0 Å². The Morgan fingerprint density at radius 2 is 0.667 bits per heavy atom. The molecule has 0 aliphatic rings. The van der Waals surface area contributed by atoms with E-state index in [2.05, 4.69) is 68.3 Å². The largest absolute Gasteiger partial charge is 0.493 e. The molecule has 0 radical (unpaired) electrons. The molecule has 0 amide bonds. The zero-order valence-electron chi connectivity index (χ0n) is 29.8. The number of hydrogen-bond acceptors (Lipinski definition) is 2. The molecule has 42 heavy (non-hydrogen) atoms. The molecular formula is C38H74N2O2+2. The monoisotopic (exact) mass is 591 g/mol. The summed E-state index contributed by atoms with van der Waals surface area (Å²) in [4.78, 5) is 0. The van der Waals surface area contributed by atoms with Crippen LogP contribution in [0.15, 0.2) is 12.1 Å². The summed E-state index contributed by atoms with van der Waals surface area (Å²) in [6, 6.07) is 4.61. The van der Waals surface area contributed by atoms with Crippen molar-refractivity contribution in [2.24, 2.45) is 0 Å². The summed E-state index contributed by atoms with van der Waals surface area (Å²) in [5.74, 6) is 2.13. The van der Waals surface area contributed by atoms with Gasteiger partial charge >= 0.3 is 0 Å². The van der Waals surface area contributed by atoms with Crippen LogP contribution in [-0.2, 0) is 13.1 Å². The number of nitrogens with zero attached hydrogens (tertiary/aromatic N) is 2. The third-order valence-electron chi connectivity index (χ3n) is 8.04. The van der Waals surface area contributed by atoms with Gasteiger partial charge in [-0.15, -0.1) is 0 Å². The van der Waals surface area contributed by atoms with E-state index in [9.17, 15) is 0 Å². The predicted molar refractivity (Wildman–Crippen MR) is 185 cm³/mol. The lowest BCUT2D eigenvalue weighted by Gasteiger charge is -2.28. The lowest BCUT2D eigenvalue weighted by Crippen LogP contribution is -2.34. The normalized spacial score (nSPS) is 12.2. The first kappa shape index (κ1) is 38.8. The van der Waals surface area contributed by atoms with Crippen molar-refractivity contribution >= 4 is 0 Å². The third-order valence-corrected chi connectivity index (χ3v) is 8.04. The van der Waals surface area contributed by atoms with Crippen LogP contribution in [0.3, 0.4) is 0 Å². The van der Waals surface area contributed by atoms with Crippen molar-refractivity contribution < 1.29 is 18.4 Å². The van der Waals surface area contributed by atoms with Crippen LogP contribution in [0.4, 0.5) is 0 Å². The zero-order valence-corrected chi connectivity index (χ0v) is 29.8. The highest BCUT2D eigenvalue weighted by Gasteiger charge is 2.21. The van der Waals surface area contributed by atoms with Crippen molar-refractivity contribution in [1.29, 1.82) is 0 Å². The molecule has 0 saturated carbocycles. The minimum atomic E-state index is 0.809. The third kappa shape index (κ3) is 21.4. The van der Waals surface area contributed by atoms with Crippen molar-refractivity contribution in [2.45, 2.75) is 155 Å². The molecule has 4 nitrogen and oxygen atoms in total. The zero-order chi connectivity index (χ0) is 31.1.